The summed E-state index contributed by atoms with van der Waals surface area (Å²) in [6.07, 6.45) is 3.05. The SMILES string of the molecule is CC(=O)C(=CN)c1ncc(-c2c(C)n[nH]c2C)s1. The van der Waals surface area contributed by atoms with Crippen molar-refractivity contribution < 1.29 is 4.79 Å². The number of ketones is 1. The van der Waals surface area contributed by atoms with Gasteiger partial charge in [-0.25, -0.2) is 4.98 Å². The molecule has 0 aliphatic heterocycles. The lowest BCUT2D eigenvalue weighted by Crippen LogP contribution is -1.98. The van der Waals surface area contributed by atoms with Gasteiger partial charge in [0.25, 0.3) is 0 Å². The monoisotopic (exact) mass is 262 g/mol. The van der Waals surface area contributed by atoms with E-state index in [1.54, 1.807) is 6.20 Å². The van der Waals surface area contributed by atoms with E-state index in [1.165, 1.54) is 24.5 Å². The maximum atomic E-state index is 11.4. The number of nitrogens with two attached hydrogens (primary N) is 1. The van der Waals surface area contributed by atoms with E-state index in [1.807, 2.05) is 13.8 Å². The standard InChI is InChI=1S/C12H14N4OS/c1-6-11(7(2)16-15-6)10-5-14-12(18-10)9(4-13)8(3)17/h4-5H,13H2,1-3H3,(H,15,16). The van der Waals surface area contributed by atoms with Gasteiger partial charge >= 0.3 is 0 Å². The van der Waals surface area contributed by atoms with Gasteiger partial charge in [-0.15, -0.1) is 11.3 Å². The van der Waals surface area contributed by atoms with Gasteiger partial charge < -0.3 is 5.73 Å². The lowest BCUT2D eigenvalue weighted by Gasteiger charge is -1.97. The quantitative estimate of drug-likeness (QED) is 0.829. The summed E-state index contributed by atoms with van der Waals surface area (Å²) in [4.78, 5) is 16.6. The largest absolute Gasteiger partial charge is 0.404 e. The van der Waals surface area contributed by atoms with E-state index < -0.39 is 0 Å². The van der Waals surface area contributed by atoms with Crippen molar-refractivity contribution in [2.45, 2.75) is 20.8 Å². The highest BCUT2D eigenvalue weighted by atomic mass is 32.1. The Bertz CT molecular complexity index is 604. The molecule has 0 saturated carbocycles. The molecule has 2 aromatic rings. The third-order valence-corrected chi connectivity index (χ3v) is 3.70. The number of nitrogens with one attached hydrogen (secondary N) is 1. The lowest BCUT2D eigenvalue weighted by atomic mass is 10.2. The van der Waals surface area contributed by atoms with Gasteiger partial charge in [0.1, 0.15) is 5.01 Å². The number of nitrogens with zero attached hydrogens (tertiary/aromatic N) is 2. The summed E-state index contributed by atoms with van der Waals surface area (Å²) >= 11 is 1.44. The summed E-state index contributed by atoms with van der Waals surface area (Å²) in [5.41, 5.74) is 8.86. The van der Waals surface area contributed by atoms with Crippen LogP contribution in [0.2, 0.25) is 0 Å². The Morgan fingerprint density at radius 1 is 1.50 bits per heavy atom. The zero-order chi connectivity index (χ0) is 13.3. The van der Waals surface area contributed by atoms with Gasteiger partial charge in [-0.05, 0) is 20.8 Å². The fourth-order valence-corrected chi connectivity index (χ4v) is 2.91. The number of carbonyl (C=O) groups excluding carboxylic acids is 1. The van der Waals surface area contributed by atoms with Crippen molar-refractivity contribution in [2.75, 3.05) is 0 Å². The first-order valence-corrected chi connectivity index (χ1v) is 6.27. The number of Topliss-reactive ketones (excluding diaryl/α,β-unsaturated/α-hetero) is 1. The highest BCUT2D eigenvalue weighted by molar-refractivity contribution is 7.16. The van der Waals surface area contributed by atoms with E-state index in [-0.39, 0.29) is 5.78 Å². The molecular weight excluding hydrogens is 248 g/mol. The zero-order valence-corrected chi connectivity index (χ0v) is 11.3. The van der Waals surface area contributed by atoms with Crippen LogP contribution >= 0.6 is 11.3 Å². The van der Waals surface area contributed by atoms with Crippen LogP contribution in [-0.2, 0) is 4.79 Å². The molecule has 0 amide bonds. The first-order valence-electron chi connectivity index (χ1n) is 5.45. The highest BCUT2D eigenvalue weighted by Gasteiger charge is 2.16. The number of aromatic amines is 1. The van der Waals surface area contributed by atoms with Crippen LogP contribution in [-0.4, -0.2) is 21.0 Å². The molecule has 0 aliphatic rings. The number of carbonyl (C=O) groups is 1. The van der Waals surface area contributed by atoms with Crippen molar-refractivity contribution in [3.8, 4) is 10.4 Å². The van der Waals surface area contributed by atoms with Crippen LogP contribution in [0.5, 0.6) is 0 Å². The van der Waals surface area contributed by atoms with Crippen molar-refractivity contribution in [1.82, 2.24) is 15.2 Å². The van der Waals surface area contributed by atoms with Gasteiger partial charge in [0, 0.05) is 23.7 Å². The average molecular weight is 262 g/mol. The molecule has 0 aromatic carbocycles. The number of H-pyrrole nitrogens is 1. The molecule has 6 heteroatoms. The molecule has 0 bridgehead atoms. The van der Waals surface area contributed by atoms with Crippen molar-refractivity contribution in [1.29, 1.82) is 0 Å². The molecule has 0 fully saturated rings. The smallest absolute Gasteiger partial charge is 0.164 e. The number of hydrogen-bond acceptors (Lipinski definition) is 5. The average Bonchev–Trinajstić information content (AvgIpc) is 2.87. The normalized spacial score (nSPS) is 11.8. The van der Waals surface area contributed by atoms with Crippen LogP contribution in [0.3, 0.4) is 0 Å². The number of rotatable bonds is 3. The van der Waals surface area contributed by atoms with Crippen LogP contribution in [0.4, 0.5) is 0 Å². The number of thiazole rings is 1. The Morgan fingerprint density at radius 2 is 2.22 bits per heavy atom. The van der Waals surface area contributed by atoms with E-state index in [9.17, 15) is 4.79 Å². The van der Waals surface area contributed by atoms with Crippen molar-refractivity contribution >= 4 is 22.7 Å². The zero-order valence-electron chi connectivity index (χ0n) is 10.4. The van der Waals surface area contributed by atoms with Gasteiger partial charge in [-0.1, -0.05) is 0 Å². The molecule has 2 aromatic heterocycles. The predicted molar refractivity (Wildman–Crippen MR) is 72.0 cm³/mol. The minimum absolute atomic E-state index is 0.0842. The van der Waals surface area contributed by atoms with E-state index in [4.69, 9.17) is 5.73 Å². The molecule has 2 rings (SSSR count). The van der Waals surface area contributed by atoms with Gasteiger partial charge in [0.2, 0.25) is 0 Å². The van der Waals surface area contributed by atoms with Gasteiger partial charge in [-0.3, -0.25) is 9.89 Å². The van der Waals surface area contributed by atoms with Gasteiger partial charge in [0.15, 0.2) is 5.78 Å². The molecule has 0 aliphatic carbocycles. The summed E-state index contributed by atoms with van der Waals surface area (Å²) < 4.78 is 0. The summed E-state index contributed by atoms with van der Waals surface area (Å²) in [7, 11) is 0. The van der Waals surface area contributed by atoms with Crippen LogP contribution in [0.1, 0.15) is 23.3 Å². The molecular formula is C12H14N4OS. The van der Waals surface area contributed by atoms with E-state index in [0.717, 1.165) is 21.8 Å². The molecule has 94 valence electrons. The summed E-state index contributed by atoms with van der Waals surface area (Å²) in [6, 6.07) is 0. The second-order valence-electron chi connectivity index (χ2n) is 3.98. The summed E-state index contributed by atoms with van der Waals surface area (Å²) in [6.45, 7) is 5.37. The molecule has 0 saturated heterocycles. The molecule has 3 N–H and O–H groups in total. The Morgan fingerprint density at radius 3 is 2.72 bits per heavy atom. The molecule has 5 nitrogen and oxygen atoms in total. The first kappa shape index (κ1) is 12.5. The Kier molecular flexibility index (Phi) is 3.29. The molecule has 0 unspecified atom stereocenters. The minimum atomic E-state index is -0.0842. The van der Waals surface area contributed by atoms with Gasteiger partial charge in [0.05, 0.1) is 16.1 Å². The second-order valence-corrected chi connectivity index (χ2v) is 5.01. The fraction of sp³-hybridized carbons (Fsp3) is 0.250. The maximum absolute atomic E-state index is 11.4. The van der Waals surface area contributed by atoms with Crippen LogP contribution in [0.25, 0.3) is 16.0 Å². The summed E-state index contributed by atoms with van der Waals surface area (Å²) in [5.74, 6) is -0.0842. The van der Waals surface area contributed by atoms with E-state index in [0.29, 0.717) is 10.6 Å². The maximum Gasteiger partial charge on any atom is 0.164 e. The van der Waals surface area contributed by atoms with Crippen LogP contribution < -0.4 is 5.73 Å². The number of allylic oxidation sites excluding steroid dienone is 1. The van der Waals surface area contributed by atoms with Crippen molar-refractivity contribution in [3.05, 3.63) is 28.8 Å². The van der Waals surface area contributed by atoms with Crippen LogP contribution in [0.15, 0.2) is 12.4 Å². The topological polar surface area (TPSA) is 84.7 Å². The third kappa shape index (κ3) is 2.06. The Hall–Kier alpha value is -1.95. The van der Waals surface area contributed by atoms with Crippen LogP contribution in [0, 0.1) is 13.8 Å². The number of hydrogen-bond donors (Lipinski definition) is 2. The second kappa shape index (κ2) is 4.73. The third-order valence-electron chi connectivity index (χ3n) is 2.66. The fourth-order valence-electron chi connectivity index (χ4n) is 1.77. The van der Waals surface area contributed by atoms with E-state index >= 15 is 0 Å². The number of aromatic nitrogens is 3. The lowest BCUT2D eigenvalue weighted by molar-refractivity contribution is -0.111. The predicted octanol–water partition coefficient (Wildman–Crippen LogP) is 2.04. The molecule has 18 heavy (non-hydrogen) atoms. The highest BCUT2D eigenvalue weighted by Crippen LogP contribution is 2.32. The summed E-state index contributed by atoms with van der Waals surface area (Å²) in [5, 5.41) is 7.72. The van der Waals surface area contributed by atoms with E-state index in [2.05, 4.69) is 15.2 Å². The molecule has 0 spiro atoms. The van der Waals surface area contributed by atoms with Crippen molar-refractivity contribution in [2.24, 2.45) is 5.73 Å². The Balaban J connectivity index is 2.46. The minimum Gasteiger partial charge on any atom is -0.404 e. The molecule has 0 radical (unpaired) electrons. The number of aryl methyl sites for hydroxylation is 2. The molecule has 0 atom stereocenters. The van der Waals surface area contributed by atoms with Gasteiger partial charge in [-0.2, -0.15) is 5.10 Å². The Labute approximate surface area is 109 Å². The van der Waals surface area contributed by atoms with Crippen molar-refractivity contribution in [3.63, 3.8) is 0 Å². The first-order chi connectivity index (χ1) is 8.54. The molecule has 2 heterocycles.